The monoisotopic (exact) mass is 529 g/mol. The number of nitrogens with zero attached hydrogens (tertiary/aromatic N) is 3. The Balaban J connectivity index is 1.40. The van der Waals surface area contributed by atoms with Crippen LogP contribution in [0.15, 0.2) is 71.5 Å². The summed E-state index contributed by atoms with van der Waals surface area (Å²) in [6.45, 7) is 9.50. The molecule has 0 radical (unpaired) electrons. The molecule has 1 N–H and O–H groups in total. The average Bonchev–Trinajstić information content (AvgIpc) is 3.19. The molecular weight excluding hydrogens is 493 g/mol. The van der Waals surface area contributed by atoms with Gasteiger partial charge in [-0.2, -0.15) is 5.10 Å². The smallest absolute Gasteiger partial charge is 0.346 e. The third-order valence-corrected chi connectivity index (χ3v) is 7.02. The van der Waals surface area contributed by atoms with E-state index in [1.807, 2.05) is 31.2 Å². The van der Waals surface area contributed by atoms with Crippen molar-refractivity contribution in [2.45, 2.75) is 71.9 Å². The predicted molar refractivity (Wildman–Crippen MR) is 152 cm³/mol. The van der Waals surface area contributed by atoms with Crippen LogP contribution in [-0.4, -0.2) is 25.4 Å². The van der Waals surface area contributed by atoms with Gasteiger partial charge in [0.15, 0.2) is 0 Å². The maximum atomic E-state index is 14.8. The molecular formula is C32H36FN3O3. The number of halogens is 1. The van der Waals surface area contributed by atoms with Gasteiger partial charge in [-0.3, -0.25) is 9.36 Å². The van der Waals surface area contributed by atoms with Crippen molar-refractivity contribution in [1.29, 1.82) is 0 Å². The quantitative estimate of drug-likeness (QED) is 0.273. The molecule has 0 saturated carbocycles. The third-order valence-electron chi connectivity index (χ3n) is 7.02. The average molecular weight is 530 g/mol. The van der Waals surface area contributed by atoms with Crippen LogP contribution in [0.25, 0.3) is 11.1 Å². The lowest BCUT2D eigenvalue weighted by molar-refractivity contribution is -0.136. The van der Waals surface area contributed by atoms with Crippen LogP contribution in [-0.2, 0) is 42.6 Å². The first kappa shape index (κ1) is 28.0. The number of aromatic nitrogens is 3. The van der Waals surface area contributed by atoms with E-state index in [0.29, 0.717) is 30.6 Å². The van der Waals surface area contributed by atoms with Gasteiger partial charge < -0.3 is 5.11 Å². The van der Waals surface area contributed by atoms with Crippen LogP contribution in [0, 0.1) is 5.82 Å². The molecule has 39 heavy (non-hydrogen) atoms. The van der Waals surface area contributed by atoms with E-state index < -0.39 is 11.8 Å². The van der Waals surface area contributed by atoms with Crippen LogP contribution in [0.5, 0.6) is 0 Å². The zero-order valence-electron chi connectivity index (χ0n) is 23.1. The van der Waals surface area contributed by atoms with E-state index in [9.17, 15) is 14.0 Å². The highest BCUT2D eigenvalue weighted by atomic mass is 19.1. The molecule has 0 spiro atoms. The minimum absolute atomic E-state index is 0.0792. The van der Waals surface area contributed by atoms with E-state index in [1.165, 1.54) is 11.6 Å². The van der Waals surface area contributed by atoms with Crippen LogP contribution in [0.2, 0.25) is 0 Å². The number of aryl methyl sites for hydroxylation is 2. The van der Waals surface area contributed by atoms with Crippen molar-refractivity contribution in [3.63, 3.8) is 0 Å². The lowest BCUT2D eigenvalue weighted by atomic mass is 9.87. The molecule has 0 aliphatic carbocycles. The summed E-state index contributed by atoms with van der Waals surface area (Å²) in [5.41, 5.74) is 4.66. The first-order valence-electron chi connectivity index (χ1n) is 13.4. The van der Waals surface area contributed by atoms with Crippen LogP contribution >= 0.6 is 0 Å². The van der Waals surface area contributed by atoms with E-state index in [4.69, 9.17) is 5.11 Å². The molecule has 0 aliphatic heterocycles. The normalized spacial score (nSPS) is 11.6. The lowest BCUT2D eigenvalue weighted by Gasteiger charge is -2.19. The highest BCUT2D eigenvalue weighted by Crippen LogP contribution is 2.26. The second kappa shape index (κ2) is 11.8. The second-order valence-corrected chi connectivity index (χ2v) is 10.9. The third kappa shape index (κ3) is 6.72. The van der Waals surface area contributed by atoms with Gasteiger partial charge in [-0.25, -0.2) is 13.9 Å². The lowest BCUT2D eigenvalue weighted by Crippen LogP contribution is -2.25. The number of benzene rings is 3. The van der Waals surface area contributed by atoms with Gasteiger partial charge in [0.25, 0.3) is 0 Å². The largest absolute Gasteiger partial charge is 0.481 e. The van der Waals surface area contributed by atoms with Crippen molar-refractivity contribution in [1.82, 2.24) is 14.3 Å². The topological polar surface area (TPSA) is 77.1 Å². The molecule has 0 fully saturated rings. The molecule has 6 nitrogen and oxygen atoms in total. The Bertz CT molecular complexity index is 1490. The highest BCUT2D eigenvalue weighted by molar-refractivity contribution is 5.72. The molecule has 7 heteroatoms. The summed E-state index contributed by atoms with van der Waals surface area (Å²) < 4.78 is 18.1. The molecule has 0 amide bonds. The van der Waals surface area contributed by atoms with Gasteiger partial charge in [-0.15, -0.1) is 0 Å². The Morgan fingerprint density at radius 2 is 1.62 bits per heavy atom. The van der Waals surface area contributed by atoms with Gasteiger partial charge in [0.1, 0.15) is 11.6 Å². The van der Waals surface area contributed by atoms with Gasteiger partial charge in [0.05, 0.1) is 13.0 Å². The van der Waals surface area contributed by atoms with E-state index in [2.05, 4.69) is 50.1 Å². The number of hydrogen-bond acceptors (Lipinski definition) is 3. The van der Waals surface area contributed by atoms with Gasteiger partial charge in [0.2, 0.25) is 0 Å². The molecule has 0 aliphatic rings. The summed E-state index contributed by atoms with van der Waals surface area (Å²) >= 11 is 0. The first-order valence-corrected chi connectivity index (χ1v) is 13.4. The van der Waals surface area contributed by atoms with Crippen molar-refractivity contribution in [2.24, 2.45) is 0 Å². The van der Waals surface area contributed by atoms with Crippen molar-refractivity contribution in [3.05, 3.63) is 111 Å². The molecule has 204 valence electrons. The number of rotatable bonds is 10. The summed E-state index contributed by atoms with van der Waals surface area (Å²) in [6.07, 6.45) is 1.94. The number of carboxylic acid groups (broad SMARTS) is 1. The Morgan fingerprint density at radius 1 is 0.949 bits per heavy atom. The van der Waals surface area contributed by atoms with Crippen LogP contribution < -0.4 is 5.69 Å². The second-order valence-electron chi connectivity index (χ2n) is 10.9. The fourth-order valence-electron chi connectivity index (χ4n) is 4.78. The number of hydrogen-bond donors (Lipinski definition) is 1. The van der Waals surface area contributed by atoms with Crippen molar-refractivity contribution >= 4 is 5.97 Å². The number of aliphatic carboxylic acids is 1. The molecule has 1 aromatic heterocycles. The molecule has 3 aromatic carbocycles. The van der Waals surface area contributed by atoms with Gasteiger partial charge in [0, 0.05) is 18.5 Å². The summed E-state index contributed by atoms with van der Waals surface area (Å²) in [5.74, 6) is -0.775. The summed E-state index contributed by atoms with van der Waals surface area (Å²) in [4.78, 5) is 24.0. The van der Waals surface area contributed by atoms with E-state index in [0.717, 1.165) is 29.8 Å². The molecule has 0 saturated heterocycles. The number of carbonyl (C=O) groups is 1. The van der Waals surface area contributed by atoms with E-state index in [1.54, 1.807) is 21.4 Å². The molecule has 0 atom stereocenters. The fraction of sp³-hybridized carbons (Fsp3) is 0.344. The van der Waals surface area contributed by atoms with Crippen LogP contribution in [0.4, 0.5) is 4.39 Å². The van der Waals surface area contributed by atoms with Gasteiger partial charge >= 0.3 is 11.7 Å². The fourth-order valence-corrected chi connectivity index (χ4v) is 4.78. The van der Waals surface area contributed by atoms with Crippen molar-refractivity contribution in [3.8, 4) is 11.1 Å². The van der Waals surface area contributed by atoms with Crippen LogP contribution in [0.1, 0.15) is 62.2 Å². The SMILES string of the molecule is CCn1c(CCCc2ccc(-c3cccc(CC(=O)O)c3F)cc2)nn(Cc2ccc(C(C)(C)C)cc2)c1=O. The van der Waals surface area contributed by atoms with E-state index >= 15 is 0 Å². The predicted octanol–water partition coefficient (Wildman–Crippen LogP) is 6.02. The van der Waals surface area contributed by atoms with Crippen molar-refractivity contribution in [2.75, 3.05) is 0 Å². The Labute approximate surface area is 228 Å². The Hall–Kier alpha value is -4.00. The molecule has 4 rings (SSSR count). The Kier molecular flexibility index (Phi) is 8.48. The molecule has 4 aromatic rings. The van der Waals surface area contributed by atoms with E-state index in [-0.39, 0.29) is 23.1 Å². The summed E-state index contributed by atoms with van der Waals surface area (Å²) in [5, 5.41) is 13.7. The van der Waals surface area contributed by atoms with Crippen LogP contribution in [0.3, 0.4) is 0 Å². The highest BCUT2D eigenvalue weighted by Gasteiger charge is 2.16. The summed E-state index contributed by atoms with van der Waals surface area (Å²) in [6, 6.07) is 20.9. The Morgan fingerprint density at radius 3 is 2.23 bits per heavy atom. The zero-order chi connectivity index (χ0) is 28.2. The zero-order valence-corrected chi connectivity index (χ0v) is 23.1. The maximum absolute atomic E-state index is 14.8. The minimum atomic E-state index is -1.06. The first-order chi connectivity index (χ1) is 18.6. The minimum Gasteiger partial charge on any atom is -0.481 e. The van der Waals surface area contributed by atoms with Gasteiger partial charge in [-0.05, 0) is 53.0 Å². The van der Waals surface area contributed by atoms with Crippen molar-refractivity contribution < 1.29 is 14.3 Å². The summed E-state index contributed by atoms with van der Waals surface area (Å²) in [7, 11) is 0. The maximum Gasteiger partial charge on any atom is 0.346 e. The standard InChI is InChI=1S/C32H36FN3O3/c1-5-35-28(34-36(31(35)39)21-23-14-18-26(19-15-23)32(2,3)4)11-6-8-22-12-16-24(17-13-22)27-10-7-9-25(30(27)33)20-29(37)38/h7,9-10,12-19H,5-6,8,11,20-21H2,1-4H3,(H,37,38). The molecule has 0 unspecified atom stereocenters. The van der Waals surface area contributed by atoms with Gasteiger partial charge in [-0.1, -0.05) is 87.5 Å². The molecule has 1 heterocycles. The molecule has 0 bridgehead atoms. The number of carboxylic acids is 1.